The maximum absolute atomic E-state index is 12.5. The fraction of sp³-hybridized carbons (Fsp3) is 0.400. The molecule has 96 valence electrons. The molecule has 2 rings (SSSR count). The van der Waals surface area contributed by atoms with Crippen LogP contribution in [0.15, 0.2) is 30.8 Å². The number of carbonyl (C=O) groups is 1. The van der Waals surface area contributed by atoms with Gasteiger partial charge in [-0.25, -0.2) is 0 Å². The lowest BCUT2D eigenvalue weighted by atomic mass is 9.84. The molecule has 3 heteroatoms. The lowest BCUT2D eigenvalue weighted by Gasteiger charge is -2.44. The average Bonchev–Trinajstić information content (AvgIpc) is 2.51. The Morgan fingerprint density at radius 3 is 2.06 bits per heavy atom. The molecule has 0 fully saturated rings. The number of rotatable bonds is 2. The van der Waals surface area contributed by atoms with E-state index in [4.69, 9.17) is 0 Å². The normalized spacial score (nSPS) is 16.2. The Labute approximate surface area is 108 Å². The molecule has 0 aromatic heterocycles. The number of aliphatic hydroxyl groups is 1. The Hall–Kier alpha value is -1.61. The summed E-state index contributed by atoms with van der Waals surface area (Å²) in [5.74, 6) is -0.0947. The minimum absolute atomic E-state index is 0.0947. The molecule has 1 aliphatic heterocycles. The minimum Gasteiger partial charge on any atom is -0.388 e. The lowest BCUT2D eigenvalue weighted by molar-refractivity contribution is -0.0400. The van der Waals surface area contributed by atoms with Gasteiger partial charge in [0.1, 0.15) is 0 Å². The number of hydrogen-bond acceptors (Lipinski definition) is 2. The molecule has 1 N–H and O–H groups in total. The second kappa shape index (κ2) is 3.69. The van der Waals surface area contributed by atoms with Crippen molar-refractivity contribution in [3.63, 3.8) is 0 Å². The van der Waals surface area contributed by atoms with Gasteiger partial charge >= 0.3 is 0 Å². The molecule has 0 spiro atoms. The van der Waals surface area contributed by atoms with Crippen molar-refractivity contribution in [3.8, 4) is 0 Å². The highest BCUT2D eigenvalue weighted by atomic mass is 16.3. The van der Waals surface area contributed by atoms with Crippen LogP contribution in [0.4, 0.5) is 0 Å². The number of hydrogen-bond donors (Lipinski definition) is 1. The standard InChI is InChI=1S/C15H19NO2/c1-10-11-8-6-7-9-12(11)13(17)16(10)14(2,3)15(4,5)18/h6-9,18H,1H2,2-5H3. The molecule has 18 heavy (non-hydrogen) atoms. The van der Waals surface area contributed by atoms with Crippen molar-refractivity contribution in [3.05, 3.63) is 42.0 Å². The van der Waals surface area contributed by atoms with E-state index in [0.717, 1.165) is 5.56 Å². The van der Waals surface area contributed by atoms with Crippen LogP contribution in [-0.2, 0) is 0 Å². The van der Waals surface area contributed by atoms with Gasteiger partial charge in [-0.1, -0.05) is 24.8 Å². The van der Waals surface area contributed by atoms with E-state index in [2.05, 4.69) is 6.58 Å². The molecule has 1 aromatic carbocycles. The van der Waals surface area contributed by atoms with Gasteiger partial charge in [0, 0.05) is 16.8 Å². The van der Waals surface area contributed by atoms with Crippen LogP contribution < -0.4 is 0 Å². The fourth-order valence-corrected chi connectivity index (χ4v) is 2.15. The highest BCUT2D eigenvalue weighted by Crippen LogP contribution is 2.40. The van der Waals surface area contributed by atoms with E-state index in [1.165, 1.54) is 0 Å². The summed E-state index contributed by atoms with van der Waals surface area (Å²) in [5, 5.41) is 10.3. The predicted molar refractivity (Wildman–Crippen MR) is 72.0 cm³/mol. The topological polar surface area (TPSA) is 40.5 Å². The Bertz CT molecular complexity index is 489. The number of fused-ring (bicyclic) bond motifs is 1. The fourth-order valence-electron chi connectivity index (χ4n) is 2.15. The van der Waals surface area contributed by atoms with Crippen LogP contribution in [0.3, 0.4) is 0 Å². The second-order valence-electron chi connectivity index (χ2n) is 5.75. The Kier molecular flexibility index (Phi) is 2.63. The van der Waals surface area contributed by atoms with Gasteiger partial charge in [0.15, 0.2) is 0 Å². The summed E-state index contributed by atoms with van der Waals surface area (Å²) in [6.45, 7) is 11.1. The maximum atomic E-state index is 12.5. The molecule has 1 amide bonds. The Balaban J connectivity index is 2.53. The van der Waals surface area contributed by atoms with Crippen molar-refractivity contribution in [1.29, 1.82) is 0 Å². The van der Waals surface area contributed by atoms with Crippen molar-refractivity contribution in [1.82, 2.24) is 4.90 Å². The average molecular weight is 245 g/mol. The summed E-state index contributed by atoms with van der Waals surface area (Å²) in [4.78, 5) is 14.0. The van der Waals surface area contributed by atoms with Crippen molar-refractivity contribution >= 4 is 11.6 Å². The monoisotopic (exact) mass is 245 g/mol. The van der Waals surface area contributed by atoms with E-state index in [9.17, 15) is 9.90 Å². The van der Waals surface area contributed by atoms with Gasteiger partial charge in [0.2, 0.25) is 0 Å². The summed E-state index contributed by atoms with van der Waals surface area (Å²) >= 11 is 0. The van der Waals surface area contributed by atoms with Crippen LogP contribution in [0.2, 0.25) is 0 Å². The minimum atomic E-state index is -1.02. The van der Waals surface area contributed by atoms with E-state index < -0.39 is 11.1 Å². The first-order valence-corrected chi connectivity index (χ1v) is 6.03. The van der Waals surface area contributed by atoms with Gasteiger partial charge in [-0.3, -0.25) is 9.69 Å². The largest absolute Gasteiger partial charge is 0.388 e. The zero-order valence-electron chi connectivity index (χ0n) is 11.3. The smallest absolute Gasteiger partial charge is 0.259 e. The third-order valence-corrected chi connectivity index (χ3v) is 4.00. The zero-order valence-corrected chi connectivity index (χ0v) is 11.3. The van der Waals surface area contributed by atoms with Crippen LogP contribution in [0.25, 0.3) is 5.70 Å². The zero-order chi connectivity index (χ0) is 13.7. The molecule has 0 saturated heterocycles. The van der Waals surface area contributed by atoms with E-state index >= 15 is 0 Å². The number of benzene rings is 1. The van der Waals surface area contributed by atoms with Crippen molar-refractivity contribution < 1.29 is 9.90 Å². The molecule has 3 nitrogen and oxygen atoms in total. The molecule has 0 unspecified atom stereocenters. The maximum Gasteiger partial charge on any atom is 0.259 e. The van der Waals surface area contributed by atoms with Gasteiger partial charge < -0.3 is 5.11 Å². The summed E-state index contributed by atoms with van der Waals surface area (Å²) in [5.41, 5.74) is 0.413. The number of nitrogens with zero attached hydrogens (tertiary/aromatic N) is 1. The first kappa shape index (κ1) is 12.8. The van der Waals surface area contributed by atoms with Crippen molar-refractivity contribution in [2.75, 3.05) is 0 Å². The summed E-state index contributed by atoms with van der Waals surface area (Å²) in [6, 6.07) is 7.40. The molecule has 1 aromatic rings. The highest BCUT2D eigenvalue weighted by molar-refractivity contribution is 6.09. The van der Waals surface area contributed by atoms with E-state index in [1.807, 2.05) is 32.0 Å². The van der Waals surface area contributed by atoms with Crippen LogP contribution in [0.5, 0.6) is 0 Å². The molecule has 0 bridgehead atoms. The molecule has 1 aliphatic rings. The summed E-state index contributed by atoms with van der Waals surface area (Å²) < 4.78 is 0. The van der Waals surface area contributed by atoms with Gasteiger partial charge in [-0.05, 0) is 33.8 Å². The molecule has 0 atom stereocenters. The highest BCUT2D eigenvalue weighted by Gasteiger charge is 2.47. The number of carbonyl (C=O) groups excluding carboxylic acids is 1. The second-order valence-corrected chi connectivity index (χ2v) is 5.75. The molecular weight excluding hydrogens is 226 g/mol. The van der Waals surface area contributed by atoms with Gasteiger partial charge in [-0.2, -0.15) is 0 Å². The Morgan fingerprint density at radius 2 is 1.61 bits per heavy atom. The summed E-state index contributed by atoms with van der Waals surface area (Å²) in [7, 11) is 0. The molecular formula is C15H19NO2. The first-order valence-electron chi connectivity index (χ1n) is 6.03. The molecule has 0 saturated carbocycles. The third-order valence-electron chi connectivity index (χ3n) is 4.00. The Morgan fingerprint density at radius 1 is 1.11 bits per heavy atom. The van der Waals surface area contributed by atoms with Crippen LogP contribution >= 0.6 is 0 Å². The van der Waals surface area contributed by atoms with Crippen LogP contribution in [-0.4, -0.2) is 27.1 Å². The van der Waals surface area contributed by atoms with Gasteiger partial charge in [0.25, 0.3) is 5.91 Å². The number of amides is 1. The first-order chi connectivity index (χ1) is 8.18. The molecule has 0 radical (unpaired) electrons. The van der Waals surface area contributed by atoms with Gasteiger partial charge in [0.05, 0.1) is 11.1 Å². The molecule has 1 heterocycles. The lowest BCUT2D eigenvalue weighted by Crippen LogP contribution is -2.57. The van der Waals surface area contributed by atoms with Crippen LogP contribution in [0, 0.1) is 0 Å². The van der Waals surface area contributed by atoms with E-state index in [-0.39, 0.29) is 5.91 Å². The summed E-state index contributed by atoms with van der Waals surface area (Å²) in [6.07, 6.45) is 0. The third kappa shape index (κ3) is 1.58. The SMILES string of the molecule is C=C1c2ccccc2C(=O)N1C(C)(C)C(C)(C)O. The van der Waals surface area contributed by atoms with Crippen molar-refractivity contribution in [2.24, 2.45) is 0 Å². The van der Waals surface area contributed by atoms with Crippen molar-refractivity contribution in [2.45, 2.75) is 38.8 Å². The van der Waals surface area contributed by atoms with Crippen LogP contribution in [0.1, 0.15) is 43.6 Å². The molecule has 0 aliphatic carbocycles. The predicted octanol–water partition coefficient (Wildman–Crippen LogP) is 2.66. The van der Waals surface area contributed by atoms with E-state index in [1.54, 1.807) is 24.8 Å². The van der Waals surface area contributed by atoms with Gasteiger partial charge in [-0.15, -0.1) is 0 Å². The van der Waals surface area contributed by atoms with E-state index in [0.29, 0.717) is 11.3 Å². The quantitative estimate of drug-likeness (QED) is 0.870.